The lowest BCUT2D eigenvalue weighted by Crippen LogP contribution is -2.35. The van der Waals surface area contributed by atoms with Crippen LogP contribution < -0.4 is 0 Å². The van der Waals surface area contributed by atoms with Gasteiger partial charge in [0.05, 0.1) is 13.2 Å². The monoisotopic (exact) mass is 200 g/mol. The van der Waals surface area contributed by atoms with Gasteiger partial charge in [-0.05, 0) is 18.8 Å². The van der Waals surface area contributed by atoms with Crippen LogP contribution in [0, 0.1) is 11.8 Å². The minimum Gasteiger partial charge on any atom is -0.352 e. The van der Waals surface area contributed by atoms with Gasteiger partial charge in [-0.15, -0.1) is 0 Å². The lowest BCUT2D eigenvalue weighted by atomic mass is 9.93. The Morgan fingerprint density at radius 1 is 1.21 bits per heavy atom. The van der Waals surface area contributed by atoms with E-state index < -0.39 is 0 Å². The fraction of sp³-hybridized carbons (Fsp3) is 1.00. The minimum atomic E-state index is 0.0789. The molecule has 1 unspecified atom stereocenters. The molecule has 0 amide bonds. The Kier molecular flexibility index (Phi) is 5.49. The first-order valence-electron chi connectivity index (χ1n) is 6.01. The van der Waals surface area contributed by atoms with E-state index >= 15 is 0 Å². The fourth-order valence-electron chi connectivity index (χ4n) is 1.76. The molecule has 0 aromatic heterocycles. The lowest BCUT2D eigenvalue weighted by molar-refractivity contribution is -0.210. The highest BCUT2D eigenvalue weighted by atomic mass is 16.7. The van der Waals surface area contributed by atoms with Crippen LogP contribution in [0.5, 0.6) is 0 Å². The van der Waals surface area contributed by atoms with Crippen LogP contribution in [0.4, 0.5) is 0 Å². The number of hydrogen-bond acceptors (Lipinski definition) is 2. The van der Waals surface area contributed by atoms with Gasteiger partial charge in [-0.2, -0.15) is 0 Å². The third kappa shape index (κ3) is 3.58. The summed E-state index contributed by atoms with van der Waals surface area (Å²) in [6.07, 6.45) is 4.78. The summed E-state index contributed by atoms with van der Waals surface area (Å²) in [6.45, 7) is 8.50. The van der Waals surface area contributed by atoms with Crippen LogP contribution >= 0.6 is 0 Å². The Labute approximate surface area is 88.0 Å². The Bertz CT molecular complexity index is 139. The first-order chi connectivity index (χ1) is 6.77. The van der Waals surface area contributed by atoms with E-state index in [4.69, 9.17) is 9.47 Å². The predicted molar refractivity (Wildman–Crippen MR) is 58.2 cm³/mol. The van der Waals surface area contributed by atoms with Crippen molar-refractivity contribution >= 4 is 0 Å². The second-order valence-corrected chi connectivity index (χ2v) is 4.38. The van der Waals surface area contributed by atoms with Crippen molar-refractivity contribution in [1.82, 2.24) is 0 Å². The van der Waals surface area contributed by atoms with E-state index in [9.17, 15) is 0 Å². The molecule has 0 radical (unpaired) electrons. The van der Waals surface area contributed by atoms with Gasteiger partial charge in [-0.1, -0.05) is 33.6 Å². The van der Waals surface area contributed by atoms with E-state index in [-0.39, 0.29) is 6.29 Å². The molecule has 1 aliphatic rings. The van der Waals surface area contributed by atoms with Gasteiger partial charge in [0.25, 0.3) is 0 Å². The lowest BCUT2D eigenvalue weighted by Gasteiger charge is -2.32. The maximum atomic E-state index is 5.69. The zero-order chi connectivity index (χ0) is 10.4. The SMILES string of the molecule is CCCCC1OCC(C(C)CC)CO1. The molecule has 0 aromatic rings. The molecule has 1 rings (SSSR count). The van der Waals surface area contributed by atoms with Crippen LogP contribution in [0.2, 0.25) is 0 Å². The number of rotatable bonds is 5. The Morgan fingerprint density at radius 2 is 1.86 bits per heavy atom. The van der Waals surface area contributed by atoms with Gasteiger partial charge < -0.3 is 9.47 Å². The molecule has 0 saturated carbocycles. The van der Waals surface area contributed by atoms with Gasteiger partial charge >= 0.3 is 0 Å². The van der Waals surface area contributed by atoms with Crippen LogP contribution in [-0.2, 0) is 9.47 Å². The molecule has 0 N–H and O–H groups in total. The molecule has 0 aliphatic carbocycles. The summed E-state index contributed by atoms with van der Waals surface area (Å²) in [5, 5.41) is 0. The zero-order valence-corrected chi connectivity index (χ0v) is 9.79. The van der Waals surface area contributed by atoms with E-state index in [0.29, 0.717) is 5.92 Å². The van der Waals surface area contributed by atoms with E-state index in [1.807, 2.05) is 0 Å². The van der Waals surface area contributed by atoms with Crippen LogP contribution in [-0.4, -0.2) is 19.5 Å². The molecule has 2 nitrogen and oxygen atoms in total. The number of ether oxygens (including phenoxy) is 2. The molecule has 84 valence electrons. The highest BCUT2D eigenvalue weighted by molar-refractivity contribution is 4.68. The van der Waals surface area contributed by atoms with E-state index in [1.165, 1.54) is 19.3 Å². The summed E-state index contributed by atoms with van der Waals surface area (Å²) in [6, 6.07) is 0. The maximum absolute atomic E-state index is 5.69. The highest BCUT2D eigenvalue weighted by Gasteiger charge is 2.24. The van der Waals surface area contributed by atoms with Gasteiger partial charge in [0.2, 0.25) is 0 Å². The normalized spacial score (nSPS) is 30.2. The molecular formula is C12H24O2. The molecular weight excluding hydrogens is 176 g/mol. The van der Waals surface area contributed by atoms with Crippen molar-refractivity contribution in [1.29, 1.82) is 0 Å². The van der Waals surface area contributed by atoms with Crippen LogP contribution in [0.1, 0.15) is 46.5 Å². The second-order valence-electron chi connectivity index (χ2n) is 4.38. The topological polar surface area (TPSA) is 18.5 Å². The summed E-state index contributed by atoms with van der Waals surface area (Å²) in [4.78, 5) is 0. The summed E-state index contributed by atoms with van der Waals surface area (Å²) >= 11 is 0. The largest absolute Gasteiger partial charge is 0.352 e. The quantitative estimate of drug-likeness (QED) is 0.678. The Hall–Kier alpha value is -0.0800. The van der Waals surface area contributed by atoms with Crippen molar-refractivity contribution in [2.45, 2.75) is 52.7 Å². The van der Waals surface area contributed by atoms with Gasteiger partial charge in [-0.3, -0.25) is 0 Å². The minimum absolute atomic E-state index is 0.0789. The molecule has 2 heteroatoms. The van der Waals surface area contributed by atoms with Crippen molar-refractivity contribution in [3.05, 3.63) is 0 Å². The standard InChI is InChI=1S/C12H24O2/c1-4-6-7-12-13-8-11(9-14-12)10(3)5-2/h10-12H,4-9H2,1-3H3. The summed E-state index contributed by atoms with van der Waals surface area (Å²) in [5.74, 6) is 1.33. The summed E-state index contributed by atoms with van der Waals surface area (Å²) < 4.78 is 11.4. The molecule has 1 fully saturated rings. The van der Waals surface area contributed by atoms with Crippen molar-refractivity contribution in [2.75, 3.05) is 13.2 Å². The van der Waals surface area contributed by atoms with Gasteiger partial charge in [0, 0.05) is 5.92 Å². The van der Waals surface area contributed by atoms with Gasteiger partial charge in [-0.25, -0.2) is 0 Å². The van der Waals surface area contributed by atoms with Crippen molar-refractivity contribution in [3.63, 3.8) is 0 Å². The summed E-state index contributed by atoms with van der Waals surface area (Å²) in [7, 11) is 0. The third-order valence-electron chi connectivity index (χ3n) is 3.23. The van der Waals surface area contributed by atoms with Crippen LogP contribution in [0.25, 0.3) is 0 Å². The van der Waals surface area contributed by atoms with Crippen LogP contribution in [0.3, 0.4) is 0 Å². The molecule has 14 heavy (non-hydrogen) atoms. The molecule has 1 atom stereocenters. The maximum Gasteiger partial charge on any atom is 0.157 e. The number of unbranched alkanes of at least 4 members (excludes halogenated alkanes) is 1. The molecule has 0 bridgehead atoms. The first-order valence-corrected chi connectivity index (χ1v) is 6.01. The highest BCUT2D eigenvalue weighted by Crippen LogP contribution is 2.23. The average molecular weight is 200 g/mol. The molecule has 0 spiro atoms. The van der Waals surface area contributed by atoms with Crippen LogP contribution in [0.15, 0.2) is 0 Å². The molecule has 1 heterocycles. The predicted octanol–water partition coefficient (Wildman–Crippen LogP) is 3.21. The average Bonchev–Trinajstić information content (AvgIpc) is 2.26. The third-order valence-corrected chi connectivity index (χ3v) is 3.23. The molecule has 1 saturated heterocycles. The fourth-order valence-corrected chi connectivity index (χ4v) is 1.76. The van der Waals surface area contributed by atoms with Crippen molar-refractivity contribution in [2.24, 2.45) is 11.8 Å². The zero-order valence-electron chi connectivity index (χ0n) is 9.79. The Balaban J connectivity index is 2.17. The molecule has 0 aromatic carbocycles. The van der Waals surface area contributed by atoms with E-state index in [1.54, 1.807) is 0 Å². The Morgan fingerprint density at radius 3 is 2.36 bits per heavy atom. The first kappa shape index (κ1) is 12.0. The summed E-state index contributed by atoms with van der Waals surface area (Å²) in [5.41, 5.74) is 0. The van der Waals surface area contributed by atoms with E-state index in [0.717, 1.165) is 25.6 Å². The van der Waals surface area contributed by atoms with Gasteiger partial charge in [0.15, 0.2) is 6.29 Å². The smallest absolute Gasteiger partial charge is 0.157 e. The van der Waals surface area contributed by atoms with Crippen molar-refractivity contribution in [3.8, 4) is 0 Å². The van der Waals surface area contributed by atoms with Gasteiger partial charge in [0.1, 0.15) is 0 Å². The second kappa shape index (κ2) is 6.41. The van der Waals surface area contributed by atoms with E-state index in [2.05, 4.69) is 20.8 Å². The molecule has 1 aliphatic heterocycles. The van der Waals surface area contributed by atoms with Crippen molar-refractivity contribution < 1.29 is 9.47 Å². The number of hydrogen-bond donors (Lipinski definition) is 0.